The maximum Gasteiger partial charge on any atom is 0.338 e. The largest absolute Gasteiger partial charge is 0.452 e. The van der Waals surface area contributed by atoms with Crippen LogP contribution in [0.5, 0.6) is 0 Å². The Morgan fingerprint density at radius 1 is 1.26 bits per heavy atom. The lowest BCUT2D eigenvalue weighted by atomic mass is 10.1. The first-order valence-electron chi connectivity index (χ1n) is 5.42. The molecule has 0 aliphatic heterocycles. The Labute approximate surface area is 108 Å². The second-order valence-corrected chi connectivity index (χ2v) is 3.75. The lowest BCUT2D eigenvalue weighted by Crippen LogP contribution is -2.11. The molecule has 0 spiro atoms. The van der Waals surface area contributed by atoms with Gasteiger partial charge in [-0.3, -0.25) is 4.79 Å². The number of nitrogens with zero attached hydrogens (tertiary/aromatic N) is 2. The normalized spacial score (nSPS) is 10.2. The van der Waals surface area contributed by atoms with Crippen molar-refractivity contribution in [3.63, 3.8) is 0 Å². The molecule has 2 rings (SSSR count). The molecule has 19 heavy (non-hydrogen) atoms. The molecule has 2 N–H and O–H groups in total. The minimum atomic E-state index is -0.554. The highest BCUT2D eigenvalue weighted by Gasteiger charge is 2.11. The van der Waals surface area contributed by atoms with Crippen LogP contribution in [0.4, 0.5) is 0 Å². The van der Waals surface area contributed by atoms with Gasteiger partial charge in [0.15, 0.2) is 12.4 Å². The number of carbonyl (C=O) groups is 2. The Hall–Kier alpha value is -2.70. The van der Waals surface area contributed by atoms with Crippen LogP contribution < -0.4 is 5.73 Å². The maximum atomic E-state index is 11.7. The van der Waals surface area contributed by atoms with E-state index in [4.69, 9.17) is 15.0 Å². The number of ether oxygens (including phenoxy) is 1. The van der Waals surface area contributed by atoms with E-state index in [1.54, 1.807) is 6.92 Å². The van der Waals surface area contributed by atoms with E-state index in [1.165, 1.54) is 24.3 Å². The SMILES string of the molecule is Cc1noc(COC(=O)c2ccc(C(N)=O)cc2)n1. The lowest BCUT2D eigenvalue weighted by molar-refractivity contribution is 0.0429. The molecule has 0 atom stereocenters. The van der Waals surface area contributed by atoms with Gasteiger partial charge >= 0.3 is 5.97 Å². The Morgan fingerprint density at radius 2 is 1.89 bits per heavy atom. The number of amides is 1. The average molecular weight is 261 g/mol. The molecular weight excluding hydrogens is 250 g/mol. The molecule has 7 nitrogen and oxygen atoms in total. The topological polar surface area (TPSA) is 108 Å². The van der Waals surface area contributed by atoms with E-state index >= 15 is 0 Å². The van der Waals surface area contributed by atoms with Crippen LogP contribution in [0.1, 0.15) is 32.4 Å². The molecule has 0 radical (unpaired) electrons. The summed E-state index contributed by atoms with van der Waals surface area (Å²) < 4.78 is 9.78. The van der Waals surface area contributed by atoms with Crippen molar-refractivity contribution in [2.45, 2.75) is 13.5 Å². The summed E-state index contributed by atoms with van der Waals surface area (Å²) in [5.41, 5.74) is 5.72. The second-order valence-electron chi connectivity index (χ2n) is 3.75. The summed E-state index contributed by atoms with van der Waals surface area (Å²) in [6.07, 6.45) is 0. The molecule has 1 aromatic carbocycles. The molecule has 0 bridgehead atoms. The van der Waals surface area contributed by atoms with Gasteiger partial charge in [0.05, 0.1) is 5.56 Å². The Bertz CT molecular complexity index is 604. The number of benzene rings is 1. The molecule has 0 saturated carbocycles. The van der Waals surface area contributed by atoms with Gasteiger partial charge in [0.25, 0.3) is 5.89 Å². The Kier molecular flexibility index (Phi) is 3.56. The van der Waals surface area contributed by atoms with E-state index in [-0.39, 0.29) is 12.5 Å². The first kappa shape index (κ1) is 12.7. The first-order chi connectivity index (χ1) is 9.06. The van der Waals surface area contributed by atoms with Gasteiger partial charge in [0.1, 0.15) is 0 Å². The first-order valence-corrected chi connectivity index (χ1v) is 5.42. The van der Waals surface area contributed by atoms with Crippen molar-refractivity contribution in [1.29, 1.82) is 0 Å². The summed E-state index contributed by atoms with van der Waals surface area (Å²) in [6.45, 7) is 1.56. The predicted octanol–water partition coefficient (Wildman–Crippen LogP) is 0.834. The summed E-state index contributed by atoms with van der Waals surface area (Å²) in [4.78, 5) is 26.4. The highest BCUT2D eigenvalue weighted by atomic mass is 16.6. The third-order valence-electron chi connectivity index (χ3n) is 2.30. The third-order valence-corrected chi connectivity index (χ3v) is 2.30. The minimum absolute atomic E-state index is 0.1000. The van der Waals surface area contributed by atoms with Gasteiger partial charge in [-0.25, -0.2) is 4.79 Å². The molecule has 2 aromatic rings. The smallest absolute Gasteiger partial charge is 0.338 e. The quantitative estimate of drug-likeness (QED) is 0.816. The van der Waals surface area contributed by atoms with Crippen LogP contribution in [0.15, 0.2) is 28.8 Å². The van der Waals surface area contributed by atoms with Crippen molar-refractivity contribution >= 4 is 11.9 Å². The van der Waals surface area contributed by atoms with Crippen molar-refractivity contribution in [1.82, 2.24) is 10.1 Å². The van der Waals surface area contributed by atoms with Crippen molar-refractivity contribution in [2.75, 3.05) is 0 Å². The zero-order valence-electron chi connectivity index (χ0n) is 10.1. The van der Waals surface area contributed by atoms with Crippen LogP contribution >= 0.6 is 0 Å². The van der Waals surface area contributed by atoms with E-state index < -0.39 is 11.9 Å². The van der Waals surface area contributed by atoms with E-state index in [2.05, 4.69) is 10.1 Å². The number of hydrogen-bond acceptors (Lipinski definition) is 6. The highest BCUT2D eigenvalue weighted by molar-refractivity contribution is 5.95. The Balaban J connectivity index is 1.98. The minimum Gasteiger partial charge on any atom is -0.452 e. The summed E-state index contributed by atoms with van der Waals surface area (Å²) >= 11 is 0. The fraction of sp³-hybridized carbons (Fsp3) is 0.167. The van der Waals surface area contributed by atoms with Crippen LogP contribution in [0.2, 0.25) is 0 Å². The monoisotopic (exact) mass is 261 g/mol. The summed E-state index contributed by atoms with van der Waals surface area (Å²) in [5.74, 6) is -0.412. The zero-order valence-corrected chi connectivity index (χ0v) is 10.1. The standard InChI is InChI=1S/C12H11N3O4/c1-7-14-10(19-15-7)6-18-12(17)9-4-2-8(3-5-9)11(13)16/h2-5H,6H2,1H3,(H2,13,16). The predicted molar refractivity (Wildman–Crippen MR) is 63.1 cm³/mol. The molecule has 1 aromatic heterocycles. The highest BCUT2D eigenvalue weighted by Crippen LogP contribution is 2.07. The summed E-state index contributed by atoms with van der Waals surface area (Å²) in [6, 6.07) is 5.83. The van der Waals surface area contributed by atoms with Gasteiger partial charge in [0, 0.05) is 5.56 Å². The van der Waals surface area contributed by atoms with Gasteiger partial charge in [-0.1, -0.05) is 5.16 Å². The lowest BCUT2D eigenvalue weighted by Gasteiger charge is -2.02. The van der Waals surface area contributed by atoms with Crippen molar-refractivity contribution < 1.29 is 18.8 Å². The van der Waals surface area contributed by atoms with Crippen LogP contribution in [-0.4, -0.2) is 22.0 Å². The zero-order chi connectivity index (χ0) is 13.8. The van der Waals surface area contributed by atoms with Crippen molar-refractivity contribution in [3.8, 4) is 0 Å². The molecular formula is C12H11N3O4. The van der Waals surface area contributed by atoms with Crippen LogP contribution in [0.3, 0.4) is 0 Å². The van der Waals surface area contributed by atoms with E-state index in [0.29, 0.717) is 17.0 Å². The van der Waals surface area contributed by atoms with Crippen LogP contribution in [0.25, 0.3) is 0 Å². The fourth-order valence-corrected chi connectivity index (χ4v) is 1.38. The van der Waals surface area contributed by atoms with Gasteiger partial charge in [0.2, 0.25) is 5.91 Å². The van der Waals surface area contributed by atoms with Gasteiger partial charge in [-0.05, 0) is 31.2 Å². The third kappa shape index (κ3) is 3.15. The van der Waals surface area contributed by atoms with Gasteiger partial charge < -0.3 is 15.0 Å². The van der Waals surface area contributed by atoms with E-state index in [0.717, 1.165) is 0 Å². The van der Waals surface area contributed by atoms with Gasteiger partial charge in [-0.2, -0.15) is 4.98 Å². The van der Waals surface area contributed by atoms with Gasteiger partial charge in [-0.15, -0.1) is 0 Å². The number of nitrogens with two attached hydrogens (primary N) is 1. The Morgan fingerprint density at radius 3 is 2.42 bits per heavy atom. The second kappa shape index (κ2) is 5.30. The van der Waals surface area contributed by atoms with E-state index in [1.807, 2.05) is 0 Å². The molecule has 1 heterocycles. The maximum absolute atomic E-state index is 11.7. The molecule has 98 valence electrons. The molecule has 1 amide bonds. The number of esters is 1. The molecule has 0 fully saturated rings. The van der Waals surface area contributed by atoms with E-state index in [9.17, 15) is 9.59 Å². The fourth-order valence-electron chi connectivity index (χ4n) is 1.38. The number of primary amides is 1. The van der Waals surface area contributed by atoms with Crippen LogP contribution in [-0.2, 0) is 11.3 Å². The molecule has 0 unspecified atom stereocenters. The number of carbonyl (C=O) groups excluding carboxylic acids is 2. The number of aryl methyl sites for hydroxylation is 1. The molecule has 7 heteroatoms. The van der Waals surface area contributed by atoms with Crippen LogP contribution in [0, 0.1) is 6.92 Å². The van der Waals surface area contributed by atoms with Crippen molar-refractivity contribution in [2.24, 2.45) is 5.73 Å². The molecule has 0 aliphatic carbocycles. The molecule has 0 aliphatic rings. The summed E-state index contributed by atoms with van der Waals surface area (Å²) in [7, 11) is 0. The average Bonchev–Trinajstić information content (AvgIpc) is 2.82. The number of aromatic nitrogens is 2. The van der Waals surface area contributed by atoms with Crippen molar-refractivity contribution in [3.05, 3.63) is 47.1 Å². The number of rotatable bonds is 4. The number of hydrogen-bond donors (Lipinski definition) is 1. The summed E-state index contributed by atoms with van der Waals surface area (Å²) in [5, 5.41) is 3.57. The molecule has 0 saturated heterocycles.